The first kappa shape index (κ1) is 15.3. The lowest BCUT2D eigenvalue weighted by Gasteiger charge is -2.22. The van der Waals surface area contributed by atoms with Gasteiger partial charge in [0, 0.05) is 37.6 Å². The lowest BCUT2D eigenvalue weighted by molar-refractivity contribution is 0.254. The third-order valence-electron chi connectivity index (χ3n) is 3.48. The molecule has 0 fully saturated rings. The first-order valence-electron chi connectivity index (χ1n) is 7.41. The van der Waals surface area contributed by atoms with Crippen molar-refractivity contribution in [2.24, 2.45) is 0 Å². The molecule has 2 aromatic rings. The van der Waals surface area contributed by atoms with E-state index >= 15 is 0 Å². The Morgan fingerprint density at radius 3 is 2.52 bits per heavy atom. The molecular formula is C17H23N3O. The second-order valence-electron chi connectivity index (χ2n) is 5.25. The maximum Gasteiger partial charge on any atom is 0.250 e. The molecule has 2 N–H and O–H groups in total. The topological polar surface area (TPSA) is 51.3 Å². The van der Waals surface area contributed by atoms with E-state index in [0.29, 0.717) is 6.54 Å². The van der Waals surface area contributed by atoms with Crippen LogP contribution in [0.5, 0.6) is 0 Å². The zero-order valence-electron chi connectivity index (χ0n) is 12.5. The van der Waals surface area contributed by atoms with Gasteiger partial charge in [0.15, 0.2) is 0 Å². The van der Waals surface area contributed by atoms with Gasteiger partial charge in [-0.2, -0.15) is 0 Å². The summed E-state index contributed by atoms with van der Waals surface area (Å²) in [6.07, 6.45) is 2.94. The van der Waals surface area contributed by atoms with Gasteiger partial charge < -0.3 is 10.3 Å². The van der Waals surface area contributed by atoms with Gasteiger partial charge in [0.1, 0.15) is 0 Å². The van der Waals surface area contributed by atoms with Crippen molar-refractivity contribution in [2.75, 3.05) is 18.8 Å². The number of rotatable bonds is 7. The number of anilines is 1. The molecule has 2 rings (SSSR count). The minimum Gasteiger partial charge on any atom is -0.399 e. The third-order valence-corrected chi connectivity index (χ3v) is 3.48. The largest absolute Gasteiger partial charge is 0.399 e. The average molecular weight is 285 g/mol. The van der Waals surface area contributed by atoms with Gasteiger partial charge in [0.25, 0.3) is 5.56 Å². The third kappa shape index (κ3) is 4.76. The molecule has 112 valence electrons. The summed E-state index contributed by atoms with van der Waals surface area (Å²) in [4.78, 5) is 14.1. The second-order valence-corrected chi connectivity index (χ2v) is 5.25. The van der Waals surface area contributed by atoms with Crippen molar-refractivity contribution in [3.8, 4) is 0 Å². The van der Waals surface area contributed by atoms with Gasteiger partial charge in [0.05, 0.1) is 0 Å². The Morgan fingerprint density at radius 2 is 1.86 bits per heavy atom. The van der Waals surface area contributed by atoms with Crippen LogP contribution in [0.2, 0.25) is 0 Å². The molecule has 0 atom stereocenters. The van der Waals surface area contributed by atoms with Crippen LogP contribution in [0.15, 0.2) is 53.5 Å². The highest BCUT2D eigenvalue weighted by atomic mass is 16.1. The van der Waals surface area contributed by atoms with E-state index in [1.54, 1.807) is 16.7 Å². The number of hydrogen-bond acceptors (Lipinski definition) is 3. The van der Waals surface area contributed by atoms with Gasteiger partial charge >= 0.3 is 0 Å². The first-order chi connectivity index (χ1) is 10.2. The summed E-state index contributed by atoms with van der Waals surface area (Å²) in [5, 5.41) is 0. The molecule has 0 aliphatic carbocycles. The van der Waals surface area contributed by atoms with Gasteiger partial charge in [-0.1, -0.05) is 25.1 Å². The number of hydrogen-bond donors (Lipinski definition) is 1. The van der Waals surface area contributed by atoms with E-state index in [2.05, 4.69) is 24.0 Å². The normalized spacial score (nSPS) is 11.0. The van der Waals surface area contributed by atoms with E-state index in [-0.39, 0.29) is 5.56 Å². The number of benzene rings is 1. The molecule has 0 aliphatic rings. The van der Waals surface area contributed by atoms with Crippen LogP contribution in [0.1, 0.15) is 18.9 Å². The van der Waals surface area contributed by atoms with E-state index < -0.39 is 0 Å². The number of nitrogen functional groups attached to an aromatic ring is 1. The highest BCUT2D eigenvalue weighted by Crippen LogP contribution is 2.09. The predicted molar refractivity (Wildman–Crippen MR) is 87.1 cm³/mol. The van der Waals surface area contributed by atoms with Crippen molar-refractivity contribution in [3.63, 3.8) is 0 Å². The Labute approximate surface area is 125 Å². The molecule has 0 bridgehead atoms. The smallest absolute Gasteiger partial charge is 0.250 e. The van der Waals surface area contributed by atoms with Gasteiger partial charge in [-0.25, -0.2) is 0 Å². The molecule has 0 saturated heterocycles. The van der Waals surface area contributed by atoms with Gasteiger partial charge in [0.2, 0.25) is 0 Å². The summed E-state index contributed by atoms with van der Waals surface area (Å²) >= 11 is 0. The van der Waals surface area contributed by atoms with Crippen LogP contribution in [0, 0.1) is 0 Å². The van der Waals surface area contributed by atoms with Crippen LogP contribution in [0.3, 0.4) is 0 Å². The fraction of sp³-hybridized carbons (Fsp3) is 0.353. The summed E-state index contributed by atoms with van der Waals surface area (Å²) in [6, 6.07) is 13.3. The van der Waals surface area contributed by atoms with E-state index in [1.807, 2.05) is 24.4 Å². The highest BCUT2D eigenvalue weighted by Gasteiger charge is 2.06. The molecular weight excluding hydrogens is 262 g/mol. The van der Waals surface area contributed by atoms with Crippen molar-refractivity contribution in [1.82, 2.24) is 9.47 Å². The summed E-state index contributed by atoms with van der Waals surface area (Å²) in [7, 11) is 0. The molecule has 1 heterocycles. The number of pyridine rings is 1. The fourth-order valence-corrected chi connectivity index (χ4v) is 2.36. The van der Waals surface area contributed by atoms with Crippen LogP contribution in [-0.4, -0.2) is 22.6 Å². The number of nitrogens with zero attached hydrogens (tertiary/aromatic N) is 2. The van der Waals surface area contributed by atoms with E-state index in [4.69, 9.17) is 5.73 Å². The van der Waals surface area contributed by atoms with Crippen molar-refractivity contribution in [3.05, 3.63) is 64.6 Å². The van der Waals surface area contributed by atoms with E-state index in [1.165, 1.54) is 5.56 Å². The summed E-state index contributed by atoms with van der Waals surface area (Å²) < 4.78 is 1.76. The SMILES string of the molecule is CCCN(CCn1ccccc1=O)Cc1ccc(N)cc1. The van der Waals surface area contributed by atoms with Crippen LogP contribution in [0.25, 0.3) is 0 Å². The van der Waals surface area contributed by atoms with E-state index in [9.17, 15) is 4.79 Å². The zero-order chi connectivity index (χ0) is 15.1. The zero-order valence-corrected chi connectivity index (χ0v) is 12.5. The Kier molecular flexibility index (Phi) is 5.58. The van der Waals surface area contributed by atoms with Crippen molar-refractivity contribution < 1.29 is 0 Å². The maximum atomic E-state index is 11.7. The van der Waals surface area contributed by atoms with Gasteiger partial charge in [-0.15, -0.1) is 0 Å². The molecule has 0 saturated carbocycles. The van der Waals surface area contributed by atoms with Crippen LogP contribution < -0.4 is 11.3 Å². The van der Waals surface area contributed by atoms with Gasteiger partial charge in [-0.05, 0) is 36.7 Å². The average Bonchev–Trinajstić information content (AvgIpc) is 2.49. The lowest BCUT2D eigenvalue weighted by Crippen LogP contribution is -2.30. The monoisotopic (exact) mass is 285 g/mol. The van der Waals surface area contributed by atoms with Crippen molar-refractivity contribution in [2.45, 2.75) is 26.4 Å². The van der Waals surface area contributed by atoms with Crippen molar-refractivity contribution >= 4 is 5.69 Å². The lowest BCUT2D eigenvalue weighted by atomic mass is 10.2. The standard InChI is InChI=1S/C17H23N3O/c1-2-10-19(14-15-6-8-16(18)9-7-15)12-13-20-11-4-3-5-17(20)21/h3-9,11H,2,10,12-14,18H2,1H3. The molecule has 4 heteroatoms. The molecule has 0 spiro atoms. The quantitative estimate of drug-likeness (QED) is 0.794. The van der Waals surface area contributed by atoms with Crippen LogP contribution >= 0.6 is 0 Å². The summed E-state index contributed by atoms with van der Waals surface area (Å²) in [5.74, 6) is 0. The molecule has 1 aromatic heterocycles. The molecule has 0 unspecified atom stereocenters. The molecule has 1 aromatic carbocycles. The Hall–Kier alpha value is -2.07. The Balaban J connectivity index is 1.97. The predicted octanol–water partition coefficient (Wildman–Crippen LogP) is 2.34. The molecule has 0 aliphatic heterocycles. The van der Waals surface area contributed by atoms with Crippen LogP contribution in [0.4, 0.5) is 5.69 Å². The second kappa shape index (κ2) is 7.64. The minimum absolute atomic E-state index is 0.0569. The summed E-state index contributed by atoms with van der Waals surface area (Å²) in [6.45, 7) is 5.66. The van der Waals surface area contributed by atoms with Crippen LogP contribution in [-0.2, 0) is 13.1 Å². The molecule has 0 amide bonds. The minimum atomic E-state index is 0.0569. The molecule has 21 heavy (non-hydrogen) atoms. The Bertz CT molecular complexity index is 604. The molecule has 0 radical (unpaired) electrons. The highest BCUT2D eigenvalue weighted by molar-refractivity contribution is 5.39. The fourth-order valence-electron chi connectivity index (χ4n) is 2.36. The van der Waals surface area contributed by atoms with Gasteiger partial charge in [-0.3, -0.25) is 9.69 Å². The summed E-state index contributed by atoms with van der Waals surface area (Å²) in [5.41, 5.74) is 7.81. The first-order valence-corrected chi connectivity index (χ1v) is 7.41. The number of aromatic nitrogens is 1. The van der Waals surface area contributed by atoms with E-state index in [0.717, 1.165) is 31.7 Å². The molecule has 4 nitrogen and oxygen atoms in total. The maximum absolute atomic E-state index is 11.7. The number of nitrogens with two attached hydrogens (primary N) is 1. The Morgan fingerprint density at radius 1 is 1.10 bits per heavy atom. The van der Waals surface area contributed by atoms with Crippen molar-refractivity contribution in [1.29, 1.82) is 0 Å².